The number of rotatable bonds is 5. The minimum absolute atomic E-state index is 0.110. The number of nitrogens with zero attached hydrogens (tertiary/aromatic N) is 2. The summed E-state index contributed by atoms with van der Waals surface area (Å²) in [6.07, 6.45) is 3.53. The van der Waals surface area contributed by atoms with Gasteiger partial charge in [-0.05, 0) is 37.5 Å². The van der Waals surface area contributed by atoms with Crippen LogP contribution in [-0.4, -0.2) is 35.1 Å². The maximum absolute atomic E-state index is 12.2. The molecule has 1 aliphatic heterocycles. The standard InChI is InChI=1S/C17H19BrN4O2/c1-11-4-5-12(7-14(11)18)22-16-8-15(20-10-21-16)17(23)19-9-13-3-2-6-24-13/h4-5,7-8,10,13H,2-3,6,9H2,1H3,(H,19,23)(H,20,21,22). The maximum Gasteiger partial charge on any atom is 0.270 e. The topological polar surface area (TPSA) is 76.1 Å². The van der Waals surface area contributed by atoms with Crippen LogP contribution >= 0.6 is 15.9 Å². The smallest absolute Gasteiger partial charge is 0.270 e. The van der Waals surface area contributed by atoms with Crippen molar-refractivity contribution in [2.45, 2.75) is 25.9 Å². The van der Waals surface area contributed by atoms with E-state index >= 15 is 0 Å². The Labute approximate surface area is 149 Å². The molecular formula is C17H19BrN4O2. The van der Waals surface area contributed by atoms with Crippen LogP contribution in [0, 0.1) is 6.92 Å². The first-order valence-corrected chi connectivity index (χ1v) is 8.66. The van der Waals surface area contributed by atoms with Gasteiger partial charge in [-0.1, -0.05) is 22.0 Å². The summed E-state index contributed by atoms with van der Waals surface area (Å²) in [5, 5.41) is 6.04. The summed E-state index contributed by atoms with van der Waals surface area (Å²) in [5.74, 6) is 0.351. The molecule has 1 atom stereocenters. The quantitative estimate of drug-likeness (QED) is 0.819. The van der Waals surface area contributed by atoms with Crippen molar-refractivity contribution in [2.75, 3.05) is 18.5 Å². The Morgan fingerprint density at radius 1 is 1.38 bits per heavy atom. The number of ether oxygens (including phenoxy) is 1. The molecule has 1 aromatic carbocycles. The van der Waals surface area contributed by atoms with E-state index in [0.717, 1.165) is 35.2 Å². The number of amides is 1. The SMILES string of the molecule is Cc1ccc(Nc2cc(C(=O)NCC3CCCO3)ncn2)cc1Br. The van der Waals surface area contributed by atoms with E-state index in [1.54, 1.807) is 6.07 Å². The zero-order valence-corrected chi connectivity index (χ0v) is 15.0. The molecule has 24 heavy (non-hydrogen) atoms. The molecule has 1 unspecified atom stereocenters. The molecule has 0 saturated carbocycles. The number of anilines is 2. The average molecular weight is 391 g/mol. The Balaban J connectivity index is 1.64. The van der Waals surface area contributed by atoms with Crippen molar-refractivity contribution < 1.29 is 9.53 Å². The van der Waals surface area contributed by atoms with Gasteiger partial charge in [-0.25, -0.2) is 9.97 Å². The number of halogens is 1. The Morgan fingerprint density at radius 3 is 3.00 bits per heavy atom. The number of hydrogen-bond acceptors (Lipinski definition) is 5. The fourth-order valence-corrected chi connectivity index (χ4v) is 2.85. The minimum atomic E-state index is -0.221. The molecular weight excluding hydrogens is 372 g/mol. The lowest BCUT2D eigenvalue weighted by Gasteiger charge is -2.11. The number of carbonyl (C=O) groups excluding carboxylic acids is 1. The molecule has 1 saturated heterocycles. The Hall–Kier alpha value is -1.99. The minimum Gasteiger partial charge on any atom is -0.376 e. The molecule has 7 heteroatoms. The summed E-state index contributed by atoms with van der Waals surface area (Å²) in [6.45, 7) is 3.31. The van der Waals surface area contributed by atoms with Crippen LogP contribution in [0.5, 0.6) is 0 Å². The first-order valence-electron chi connectivity index (χ1n) is 7.87. The number of carbonyl (C=O) groups is 1. The highest BCUT2D eigenvalue weighted by molar-refractivity contribution is 9.10. The van der Waals surface area contributed by atoms with Gasteiger partial charge in [0.2, 0.25) is 0 Å². The van der Waals surface area contributed by atoms with Gasteiger partial charge in [0.25, 0.3) is 5.91 Å². The normalized spacial score (nSPS) is 16.8. The second-order valence-corrected chi connectivity index (χ2v) is 6.58. The van der Waals surface area contributed by atoms with Crippen LogP contribution in [0.15, 0.2) is 35.1 Å². The number of benzene rings is 1. The number of aryl methyl sites for hydroxylation is 1. The van der Waals surface area contributed by atoms with Crippen LogP contribution in [0.1, 0.15) is 28.9 Å². The zero-order chi connectivity index (χ0) is 16.9. The molecule has 126 valence electrons. The third kappa shape index (κ3) is 4.30. The van der Waals surface area contributed by atoms with Crippen molar-refractivity contribution >= 4 is 33.3 Å². The lowest BCUT2D eigenvalue weighted by Crippen LogP contribution is -2.32. The van der Waals surface area contributed by atoms with E-state index in [9.17, 15) is 4.79 Å². The van der Waals surface area contributed by atoms with Gasteiger partial charge in [-0.2, -0.15) is 0 Å². The summed E-state index contributed by atoms with van der Waals surface area (Å²) >= 11 is 3.50. The van der Waals surface area contributed by atoms with Gasteiger partial charge in [-0.15, -0.1) is 0 Å². The first kappa shape index (κ1) is 16.9. The lowest BCUT2D eigenvalue weighted by atomic mass is 10.2. The third-order valence-electron chi connectivity index (χ3n) is 3.86. The fourth-order valence-electron chi connectivity index (χ4n) is 2.47. The van der Waals surface area contributed by atoms with Gasteiger partial charge < -0.3 is 15.4 Å². The van der Waals surface area contributed by atoms with Crippen molar-refractivity contribution in [3.05, 3.63) is 46.3 Å². The molecule has 6 nitrogen and oxygen atoms in total. The van der Waals surface area contributed by atoms with Gasteiger partial charge in [0.1, 0.15) is 17.8 Å². The van der Waals surface area contributed by atoms with E-state index in [2.05, 4.69) is 36.5 Å². The molecule has 0 aliphatic carbocycles. The number of nitrogens with one attached hydrogen (secondary N) is 2. The van der Waals surface area contributed by atoms with Crippen molar-refractivity contribution in [1.29, 1.82) is 0 Å². The van der Waals surface area contributed by atoms with Crippen molar-refractivity contribution in [3.8, 4) is 0 Å². The van der Waals surface area contributed by atoms with E-state index in [1.165, 1.54) is 6.33 Å². The predicted octanol–water partition coefficient (Wildman–Crippen LogP) is 3.20. The van der Waals surface area contributed by atoms with Crippen molar-refractivity contribution in [3.63, 3.8) is 0 Å². The van der Waals surface area contributed by atoms with Crippen LogP contribution in [-0.2, 0) is 4.74 Å². The summed E-state index contributed by atoms with van der Waals surface area (Å²) in [6, 6.07) is 7.56. The van der Waals surface area contributed by atoms with Gasteiger partial charge in [0.05, 0.1) is 6.10 Å². The number of hydrogen-bond donors (Lipinski definition) is 2. The van der Waals surface area contributed by atoms with Gasteiger partial charge >= 0.3 is 0 Å². The van der Waals surface area contributed by atoms with Gasteiger partial charge in [0, 0.05) is 29.4 Å². The zero-order valence-electron chi connectivity index (χ0n) is 13.4. The summed E-state index contributed by atoms with van der Waals surface area (Å²) < 4.78 is 6.51. The van der Waals surface area contributed by atoms with Crippen LogP contribution in [0.2, 0.25) is 0 Å². The van der Waals surface area contributed by atoms with Crippen molar-refractivity contribution in [1.82, 2.24) is 15.3 Å². The molecule has 2 aromatic rings. The molecule has 1 aromatic heterocycles. The third-order valence-corrected chi connectivity index (χ3v) is 4.71. The average Bonchev–Trinajstić information content (AvgIpc) is 3.10. The Bertz CT molecular complexity index is 732. The van der Waals surface area contributed by atoms with Crippen LogP contribution < -0.4 is 10.6 Å². The van der Waals surface area contributed by atoms with Crippen LogP contribution in [0.3, 0.4) is 0 Å². The molecule has 2 heterocycles. The molecule has 1 aliphatic rings. The van der Waals surface area contributed by atoms with E-state index in [0.29, 0.717) is 18.1 Å². The maximum atomic E-state index is 12.2. The number of aromatic nitrogens is 2. The molecule has 1 fully saturated rings. The second-order valence-electron chi connectivity index (χ2n) is 5.72. The van der Waals surface area contributed by atoms with E-state index in [-0.39, 0.29) is 12.0 Å². The largest absolute Gasteiger partial charge is 0.376 e. The molecule has 2 N–H and O–H groups in total. The Kier molecular flexibility index (Phi) is 5.42. The fraction of sp³-hybridized carbons (Fsp3) is 0.353. The second kappa shape index (κ2) is 7.72. The summed E-state index contributed by atoms with van der Waals surface area (Å²) in [5.41, 5.74) is 2.37. The predicted molar refractivity (Wildman–Crippen MR) is 95.5 cm³/mol. The Morgan fingerprint density at radius 2 is 2.25 bits per heavy atom. The van der Waals surface area contributed by atoms with E-state index in [4.69, 9.17) is 4.74 Å². The molecule has 0 bridgehead atoms. The highest BCUT2D eigenvalue weighted by Crippen LogP contribution is 2.23. The van der Waals surface area contributed by atoms with E-state index < -0.39 is 0 Å². The highest BCUT2D eigenvalue weighted by atomic mass is 79.9. The van der Waals surface area contributed by atoms with Gasteiger partial charge in [0.15, 0.2) is 0 Å². The molecule has 3 rings (SSSR count). The lowest BCUT2D eigenvalue weighted by molar-refractivity contribution is 0.0853. The van der Waals surface area contributed by atoms with Crippen LogP contribution in [0.4, 0.5) is 11.5 Å². The summed E-state index contributed by atoms with van der Waals surface area (Å²) in [4.78, 5) is 20.4. The summed E-state index contributed by atoms with van der Waals surface area (Å²) in [7, 11) is 0. The molecule has 1 amide bonds. The molecule has 0 radical (unpaired) electrons. The molecule has 0 spiro atoms. The van der Waals surface area contributed by atoms with E-state index in [1.807, 2.05) is 25.1 Å². The van der Waals surface area contributed by atoms with Crippen LogP contribution in [0.25, 0.3) is 0 Å². The monoisotopic (exact) mass is 390 g/mol. The first-order chi connectivity index (χ1) is 11.6. The van der Waals surface area contributed by atoms with Gasteiger partial charge in [-0.3, -0.25) is 4.79 Å². The highest BCUT2D eigenvalue weighted by Gasteiger charge is 2.17. The van der Waals surface area contributed by atoms with Crippen molar-refractivity contribution in [2.24, 2.45) is 0 Å².